The third kappa shape index (κ3) is 2.82. The number of piperidine rings is 1. The van der Waals surface area contributed by atoms with E-state index in [2.05, 4.69) is 10.2 Å². The number of carbonyl (C=O) groups excluding carboxylic acids is 1. The minimum Gasteiger partial charge on any atom is -0.473 e. The smallest absolute Gasteiger partial charge is 0.289 e. The Bertz CT molecular complexity index is 834. The van der Waals surface area contributed by atoms with Crippen molar-refractivity contribution in [2.24, 2.45) is 0 Å². The second-order valence-corrected chi connectivity index (χ2v) is 5.82. The molecule has 0 unspecified atom stereocenters. The Morgan fingerprint density at radius 1 is 1.17 bits per heavy atom. The lowest BCUT2D eigenvalue weighted by Crippen LogP contribution is -2.41. The molecule has 4 rings (SSSR count). The van der Waals surface area contributed by atoms with E-state index in [0.717, 1.165) is 23.6 Å². The van der Waals surface area contributed by atoms with Crippen LogP contribution in [0, 0.1) is 0 Å². The Morgan fingerprint density at radius 3 is 2.79 bits per heavy atom. The van der Waals surface area contributed by atoms with Gasteiger partial charge in [-0.25, -0.2) is 0 Å². The fourth-order valence-corrected chi connectivity index (χ4v) is 2.98. The van der Waals surface area contributed by atoms with Gasteiger partial charge in [-0.3, -0.25) is 4.79 Å². The Hall–Kier alpha value is -2.89. The van der Waals surface area contributed by atoms with Crippen LogP contribution in [0.5, 0.6) is 5.88 Å². The molecule has 1 fully saturated rings. The second-order valence-electron chi connectivity index (χ2n) is 5.82. The lowest BCUT2D eigenvalue weighted by molar-refractivity contribution is 0.0560. The lowest BCUT2D eigenvalue weighted by Gasteiger charge is -2.31. The second kappa shape index (κ2) is 6.31. The van der Waals surface area contributed by atoms with Crippen molar-refractivity contribution >= 4 is 16.7 Å². The zero-order valence-electron chi connectivity index (χ0n) is 13.1. The molecule has 0 saturated carbocycles. The summed E-state index contributed by atoms with van der Waals surface area (Å²) in [5, 5.41) is 10.1. The number of ether oxygens (including phenoxy) is 1. The van der Waals surface area contributed by atoms with Gasteiger partial charge in [0.1, 0.15) is 6.10 Å². The van der Waals surface area contributed by atoms with E-state index in [-0.39, 0.29) is 12.0 Å². The molecule has 1 amide bonds. The first kappa shape index (κ1) is 14.7. The van der Waals surface area contributed by atoms with Gasteiger partial charge in [0.25, 0.3) is 5.91 Å². The zero-order chi connectivity index (χ0) is 16.4. The normalized spacial score (nSPS) is 15.6. The molecule has 0 spiro atoms. The van der Waals surface area contributed by atoms with Crippen LogP contribution < -0.4 is 4.74 Å². The predicted molar refractivity (Wildman–Crippen MR) is 87.8 cm³/mol. The van der Waals surface area contributed by atoms with Gasteiger partial charge in [0.2, 0.25) is 5.88 Å². The van der Waals surface area contributed by atoms with E-state index in [4.69, 9.17) is 9.15 Å². The number of fused-ring (bicyclic) bond motifs is 1. The van der Waals surface area contributed by atoms with Crippen LogP contribution in [-0.2, 0) is 0 Å². The molecule has 0 aliphatic carbocycles. The number of furan rings is 1. The van der Waals surface area contributed by atoms with Crippen molar-refractivity contribution in [1.29, 1.82) is 0 Å². The van der Waals surface area contributed by atoms with Gasteiger partial charge in [0.05, 0.1) is 12.5 Å². The molecule has 0 bridgehead atoms. The minimum absolute atomic E-state index is 0.0331. The third-order valence-corrected chi connectivity index (χ3v) is 4.28. The van der Waals surface area contributed by atoms with Crippen molar-refractivity contribution in [3.05, 3.63) is 54.6 Å². The number of rotatable bonds is 3. The van der Waals surface area contributed by atoms with Crippen LogP contribution >= 0.6 is 0 Å². The van der Waals surface area contributed by atoms with Crippen LogP contribution in [0.25, 0.3) is 10.8 Å². The van der Waals surface area contributed by atoms with E-state index < -0.39 is 0 Å². The molecule has 3 aromatic rings. The highest BCUT2D eigenvalue weighted by molar-refractivity contribution is 5.91. The Labute approximate surface area is 139 Å². The summed E-state index contributed by atoms with van der Waals surface area (Å²) in [5.41, 5.74) is 0. The molecule has 0 N–H and O–H groups in total. The van der Waals surface area contributed by atoms with Crippen molar-refractivity contribution in [2.75, 3.05) is 13.1 Å². The molecule has 1 saturated heterocycles. The third-order valence-electron chi connectivity index (χ3n) is 4.28. The molecule has 1 aliphatic rings. The van der Waals surface area contributed by atoms with Crippen molar-refractivity contribution in [3.63, 3.8) is 0 Å². The SMILES string of the molecule is O=C(c1ccco1)N1CCC(Oc2nncc3ccccc23)CC1. The number of amides is 1. The van der Waals surface area contributed by atoms with Crippen molar-refractivity contribution in [1.82, 2.24) is 15.1 Å². The summed E-state index contributed by atoms with van der Waals surface area (Å²) < 4.78 is 11.2. The first-order valence-electron chi connectivity index (χ1n) is 8.01. The highest BCUT2D eigenvalue weighted by Crippen LogP contribution is 2.25. The van der Waals surface area contributed by atoms with Gasteiger partial charge >= 0.3 is 0 Å². The molecule has 0 radical (unpaired) electrons. The molecular formula is C18H17N3O3. The number of carbonyl (C=O) groups is 1. The highest BCUT2D eigenvalue weighted by Gasteiger charge is 2.26. The first-order chi connectivity index (χ1) is 11.8. The first-order valence-corrected chi connectivity index (χ1v) is 8.01. The summed E-state index contributed by atoms with van der Waals surface area (Å²) in [6.45, 7) is 1.28. The minimum atomic E-state index is -0.0663. The van der Waals surface area contributed by atoms with Crippen LogP contribution in [0.1, 0.15) is 23.4 Å². The van der Waals surface area contributed by atoms with E-state index in [1.54, 1.807) is 23.2 Å². The Kier molecular flexibility index (Phi) is 3.86. The maximum atomic E-state index is 12.3. The summed E-state index contributed by atoms with van der Waals surface area (Å²) in [7, 11) is 0. The molecule has 2 aromatic heterocycles. The van der Waals surface area contributed by atoms with E-state index >= 15 is 0 Å². The number of hydrogen-bond donors (Lipinski definition) is 0. The topological polar surface area (TPSA) is 68.5 Å². The molecular weight excluding hydrogens is 306 g/mol. The quantitative estimate of drug-likeness (QED) is 0.741. The van der Waals surface area contributed by atoms with Gasteiger partial charge in [-0.05, 0) is 18.2 Å². The number of nitrogens with zero attached hydrogens (tertiary/aromatic N) is 3. The van der Waals surface area contributed by atoms with E-state index in [9.17, 15) is 4.79 Å². The number of aromatic nitrogens is 2. The van der Waals surface area contributed by atoms with Crippen molar-refractivity contribution in [2.45, 2.75) is 18.9 Å². The summed E-state index contributed by atoms with van der Waals surface area (Å²) in [6, 6.07) is 11.3. The molecule has 0 atom stereocenters. The molecule has 122 valence electrons. The van der Waals surface area contributed by atoms with Crippen molar-refractivity contribution < 1.29 is 13.9 Å². The fraction of sp³-hybridized carbons (Fsp3) is 0.278. The van der Waals surface area contributed by atoms with E-state index in [1.165, 1.54) is 6.26 Å². The lowest BCUT2D eigenvalue weighted by atomic mass is 10.1. The number of benzene rings is 1. The summed E-state index contributed by atoms with van der Waals surface area (Å²) in [6.07, 6.45) is 4.80. The molecule has 1 aromatic carbocycles. The molecule has 3 heterocycles. The van der Waals surface area contributed by atoms with Crippen LogP contribution in [0.4, 0.5) is 0 Å². The molecule has 24 heavy (non-hydrogen) atoms. The fourth-order valence-electron chi connectivity index (χ4n) is 2.98. The van der Waals surface area contributed by atoms with Gasteiger partial charge in [0.15, 0.2) is 5.76 Å². The van der Waals surface area contributed by atoms with E-state index in [0.29, 0.717) is 24.7 Å². The maximum Gasteiger partial charge on any atom is 0.289 e. The molecule has 6 nitrogen and oxygen atoms in total. The summed E-state index contributed by atoms with van der Waals surface area (Å²) in [5.74, 6) is 0.876. The van der Waals surface area contributed by atoms with Gasteiger partial charge in [0, 0.05) is 36.7 Å². The van der Waals surface area contributed by atoms with E-state index in [1.807, 2.05) is 24.3 Å². The largest absolute Gasteiger partial charge is 0.473 e. The van der Waals surface area contributed by atoms with Gasteiger partial charge < -0.3 is 14.1 Å². The maximum absolute atomic E-state index is 12.3. The van der Waals surface area contributed by atoms with Crippen LogP contribution in [0.15, 0.2) is 53.3 Å². The summed E-state index contributed by atoms with van der Waals surface area (Å²) >= 11 is 0. The standard InChI is InChI=1S/C18H17N3O3/c22-18(16-6-3-11-23-16)21-9-7-14(8-10-21)24-17-15-5-2-1-4-13(15)12-19-20-17/h1-6,11-12,14H,7-10H2. The predicted octanol–water partition coefficient (Wildman–Crippen LogP) is 2.91. The van der Waals surface area contributed by atoms with Crippen LogP contribution in [-0.4, -0.2) is 40.2 Å². The van der Waals surface area contributed by atoms with Crippen molar-refractivity contribution in [3.8, 4) is 5.88 Å². The average molecular weight is 323 g/mol. The Balaban J connectivity index is 1.42. The highest BCUT2D eigenvalue weighted by atomic mass is 16.5. The van der Waals surface area contributed by atoms with Gasteiger partial charge in [-0.1, -0.05) is 18.2 Å². The average Bonchev–Trinajstić information content (AvgIpc) is 3.17. The number of likely N-dealkylation sites (tertiary alicyclic amines) is 1. The molecule has 1 aliphatic heterocycles. The van der Waals surface area contributed by atoms with Gasteiger partial charge in [-0.2, -0.15) is 5.10 Å². The Morgan fingerprint density at radius 2 is 2.00 bits per heavy atom. The van der Waals surface area contributed by atoms with Crippen LogP contribution in [0.3, 0.4) is 0 Å². The van der Waals surface area contributed by atoms with Crippen LogP contribution in [0.2, 0.25) is 0 Å². The number of hydrogen-bond acceptors (Lipinski definition) is 5. The zero-order valence-corrected chi connectivity index (χ0v) is 13.1. The monoisotopic (exact) mass is 323 g/mol. The summed E-state index contributed by atoms with van der Waals surface area (Å²) in [4.78, 5) is 14.1. The van der Waals surface area contributed by atoms with Gasteiger partial charge in [-0.15, -0.1) is 5.10 Å². The molecule has 6 heteroatoms.